The molecule has 0 aliphatic carbocycles. The number of carbonyl (C=O) groups is 1. The van der Waals surface area contributed by atoms with E-state index in [0.29, 0.717) is 10.8 Å². The number of aryl methyl sites for hydroxylation is 1. The van der Waals surface area contributed by atoms with Crippen LogP contribution < -0.4 is 5.32 Å². The van der Waals surface area contributed by atoms with Crippen LogP contribution in [0.3, 0.4) is 0 Å². The average molecular weight is 370 g/mol. The average Bonchev–Trinajstić information content (AvgIpc) is 3.06. The van der Waals surface area contributed by atoms with Gasteiger partial charge in [-0.1, -0.05) is 35.9 Å². The molecule has 1 amide bonds. The van der Waals surface area contributed by atoms with E-state index in [1.165, 1.54) is 18.2 Å². The first kappa shape index (κ1) is 17.9. The van der Waals surface area contributed by atoms with Crippen LogP contribution in [0.2, 0.25) is 5.02 Å². The van der Waals surface area contributed by atoms with Gasteiger partial charge in [-0.05, 0) is 41.5 Å². The smallest absolute Gasteiger partial charge is 0.244 e. The van der Waals surface area contributed by atoms with Gasteiger partial charge in [0, 0.05) is 30.5 Å². The molecule has 1 heterocycles. The van der Waals surface area contributed by atoms with E-state index in [0.717, 1.165) is 11.1 Å². The number of halogens is 2. The summed E-state index contributed by atoms with van der Waals surface area (Å²) in [6, 6.07) is 12.7. The summed E-state index contributed by atoms with van der Waals surface area (Å²) in [4.78, 5) is 16.8. The number of nitrogens with zero attached hydrogens (tertiary/aromatic N) is 2. The van der Waals surface area contributed by atoms with Crippen molar-refractivity contribution in [3.8, 4) is 0 Å². The van der Waals surface area contributed by atoms with Gasteiger partial charge >= 0.3 is 0 Å². The van der Waals surface area contributed by atoms with Crippen LogP contribution in [0.5, 0.6) is 0 Å². The van der Waals surface area contributed by atoms with Crippen molar-refractivity contribution >= 4 is 23.6 Å². The molecular formula is C20H17ClFN3O. The standard InChI is InChI=1S/C20H17ClFN3O/c1-25-13-12-23-20(25)19(15-5-7-16(21)8-6-15)24-18(26)11-4-14-2-9-17(22)10-3-14/h2-13,19H,1H3,(H,24,26)/b11-4+/t19-/m1/s1. The SMILES string of the molecule is Cn1ccnc1[C@H](NC(=O)/C=C/c1ccc(F)cc1)c1ccc(Cl)cc1. The molecule has 3 rings (SSSR count). The summed E-state index contributed by atoms with van der Waals surface area (Å²) in [5.41, 5.74) is 1.61. The molecule has 0 fully saturated rings. The monoisotopic (exact) mass is 369 g/mol. The molecule has 0 unspecified atom stereocenters. The molecule has 4 nitrogen and oxygen atoms in total. The first-order valence-corrected chi connectivity index (χ1v) is 8.37. The number of rotatable bonds is 5. The highest BCUT2D eigenvalue weighted by molar-refractivity contribution is 6.30. The van der Waals surface area contributed by atoms with E-state index >= 15 is 0 Å². The number of aromatic nitrogens is 2. The Hall–Kier alpha value is -2.92. The van der Waals surface area contributed by atoms with Crippen LogP contribution in [-0.4, -0.2) is 15.5 Å². The molecule has 0 saturated carbocycles. The summed E-state index contributed by atoms with van der Waals surface area (Å²) in [5.74, 6) is 0.109. The predicted molar refractivity (Wildman–Crippen MR) is 100 cm³/mol. The van der Waals surface area contributed by atoms with E-state index in [2.05, 4.69) is 10.3 Å². The molecule has 0 saturated heterocycles. The van der Waals surface area contributed by atoms with Gasteiger partial charge in [-0.15, -0.1) is 0 Å². The topological polar surface area (TPSA) is 46.9 Å². The van der Waals surface area contributed by atoms with Gasteiger partial charge in [-0.25, -0.2) is 9.37 Å². The fourth-order valence-electron chi connectivity index (χ4n) is 2.54. The minimum absolute atomic E-state index is 0.280. The van der Waals surface area contributed by atoms with Crippen molar-refractivity contribution in [2.24, 2.45) is 7.05 Å². The lowest BCUT2D eigenvalue weighted by molar-refractivity contribution is -0.117. The minimum atomic E-state index is -0.419. The summed E-state index contributed by atoms with van der Waals surface area (Å²) in [7, 11) is 1.87. The number of hydrogen-bond acceptors (Lipinski definition) is 2. The van der Waals surface area contributed by atoms with Crippen molar-refractivity contribution in [2.45, 2.75) is 6.04 Å². The first-order valence-electron chi connectivity index (χ1n) is 8.00. The molecule has 1 aromatic heterocycles. The molecule has 1 atom stereocenters. The predicted octanol–water partition coefficient (Wildman–Crippen LogP) is 4.13. The molecule has 0 spiro atoms. The van der Waals surface area contributed by atoms with Crippen molar-refractivity contribution in [3.63, 3.8) is 0 Å². The summed E-state index contributed by atoms with van der Waals surface area (Å²) in [6.45, 7) is 0. The number of amides is 1. The van der Waals surface area contributed by atoms with Crippen molar-refractivity contribution in [1.82, 2.24) is 14.9 Å². The molecule has 6 heteroatoms. The second kappa shape index (κ2) is 7.97. The molecule has 26 heavy (non-hydrogen) atoms. The first-order chi connectivity index (χ1) is 12.5. The molecule has 0 radical (unpaired) electrons. The quantitative estimate of drug-likeness (QED) is 0.687. The molecule has 0 aliphatic rings. The fraction of sp³-hybridized carbons (Fsp3) is 0.100. The third-order valence-electron chi connectivity index (χ3n) is 3.90. The van der Waals surface area contributed by atoms with Gasteiger partial charge in [0.15, 0.2) is 0 Å². The third kappa shape index (κ3) is 4.37. The summed E-state index contributed by atoms with van der Waals surface area (Å²) >= 11 is 5.96. The highest BCUT2D eigenvalue weighted by Gasteiger charge is 2.19. The zero-order valence-corrected chi connectivity index (χ0v) is 14.8. The van der Waals surface area contributed by atoms with Crippen molar-refractivity contribution in [1.29, 1.82) is 0 Å². The van der Waals surface area contributed by atoms with E-state index in [1.807, 2.05) is 29.9 Å². The molecule has 0 bridgehead atoms. The Bertz CT molecular complexity index is 917. The molecular weight excluding hydrogens is 353 g/mol. The Morgan fingerprint density at radius 1 is 1.19 bits per heavy atom. The van der Waals surface area contributed by atoms with Crippen LogP contribution in [0.25, 0.3) is 6.08 Å². The van der Waals surface area contributed by atoms with Crippen molar-refractivity contribution < 1.29 is 9.18 Å². The lowest BCUT2D eigenvalue weighted by atomic mass is 10.1. The lowest BCUT2D eigenvalue weighted by Crippen LogP contribution is -2.29. The maximum atomic E-state index is 12.9. The highest BCUT2D eigenvalue weighted by Crippen LogP contribution is 2.22. The second-order valence-corrected chi connectivity index (χ2v) is 6.21. The zero-order chi connectivity index (χ0) is 18.5. The number of carbonyl (C=O) groups excluding carboxylic acids is 1. The van der Waals surface area contributed by atoms with E-state index in [9.17, 15) is 9.18 Å². The van der Waals surface area contributed by atoms with E-state index in [4.69, 9.17) is 11.6 Å². The second-order valence-electron chi connectivity index (χ2n) is 5.77. The third-order valence-corrected chi connectivity index (χ3v) is 4.16. The van der Waals surface area contributed by atoms with Gasteiger partial charge in [0.25, 0.3) is 0 Å². The zero-order valence-electron chi connectivity index (χ0n) is 14.1. The highest BCUT2D eigenvalue weighted by atomic mass is 35.5. The Morgan fingerprint density at radius 2 is 1.88 bits per heavy atom. The van der Waals surface area contributed by atoms with Gasteiger partial charge in [-0.3, -0.25) is 4.79 Å². The Labute approximate surface area is 155 Å². The molecule has 1 N–H and O–H groups in total. The lowest BCUT2D eigenvalue weighted by Gasteiger charge is -2.18. The number of nitrogens with one attached hydrogen (secondary N) is 1. The number of hydrogen-bond donors (Lipinski definition) is 1. The molecule has 3 aromatic rings. The maximum Gasteiger partial charge on any atom is 0.244 e. The largest absolute Gasteiger partial charge is 0.339 e. The summed E-state index contributed by atoms with van der Waals surface area (Å²) in [6.07, 6.45) is 6.54. The maximum absolute atomic E-state index is 12.9. The van der Waals surface area contributed by atoms with Gasteiger partial charge in [0.1, 0.15) is 17.7 Å². The minimum Gasteiger partial charge on any atom is -0.339 e. The summed E-state index contributed by atoms with van der Waals surface area (Å²) in [5, 5.41) is 3.57. The molecule has 132 valence electrons. The van der Waals surface area contributed by atoms with Gasteiger partial charge in [0.05, 0.1) is 0 Å². The van der Waals surface area contributed by atoms with Crippen LogP contribution in [0.4, 0.5) is 4.39 Å². The van der Waals surface area contributed by atoms with Crippen LogP contribution in [0, 0.1) is 5.82 Å². The van der Waals surface area contributed by atoms with Gasteiger partial charge in [-0.2, -0.15) is 0 Å². The van der Waals surface area contributed by atoms with E-state index in [-0.39, 0.29) is 11.7 Å². The molecule has 2 aromatic carbocycles. The van der Waals surface area contributed by atoms with Crippen LogP contribution in [0.15, 0.2) is 67.0 Å². The molecule has 0 aliphatic heterocycles. The number of imidazole rings is 1. The Morgan fingerprint density at radius 3 is 2.50 bits per heavy atom. The fourth-order valence-corrected chi connectivity index (χ4v) is 2.67. The normalized spacial score (nSPS) is 12.3. The number of benzene rings is 2. The van der Waals surface area contributed by atoms with Crippen LogP contribution >= 0.6 is 11.6 Å². The Kier molecular flexibility index (Phi) is 5.49. The van der Waals surface area contributed by atoms with Gasteiger partial charge < -0.3 is 9.88 Å². The summed E-state index contributed by atoms with van der Waals surface area (Å²) < 4.78 is 14.8. The van der Waals surface area contributed by atoms with E-state index in [1.54, 1.807) is 36.5 Å². The van der Waals surface area contributed by atoms with Crippen molar-refractivity contribution in [3.05, 3.63) is 94.8 Å². The van der Waals surface area contributed by atoms with Crippen molar-refractivity contribution in [2.75, 3.05) is 0 Å². The Balaban J connectivity index is 1.81. The van der Waals surface area contributed by atoms with E-state index < -0.39 is 6.04 Å². The van der Waals surface area contributed by atoms with Gasteiger partial charge in [0.2, 0.25) is 5.91 Å². The van der Waals surface area contributed by atoms with Crippen LogP contribution in [-0.2, 0) is 11.8 Å². The van der Waals surface area contributed by atoms with Crippen LogP contribution in [0.1, 0.15) is 23.0 Å².